The van der Waals surface area contributed by atoms with Crippen LogP contribution in [0.2, 0.25) is 5.02 Å². The molecule has 0 aliphatic rings. The van der Waals surface area contributed by atoms with Crippen molar-refractivity contribution in [3.8, 4) is 0 Å². The number of anilines is 1. The van der Waals surface area contributed by atoms with Crippen LogP contribution in [0.25, 0.3) is 0 Å². The molecule has 0 fully saturated rings. The highest BCUT2D eigenvalue weighted by Crippen LogP contribution is 2.29. The fourth-order valence-electron chi connectivity index (χ4n) is 0.861. The van der Waals surface area contributed by atoms with Crippen LogP contribution in [-0.2, 0) is 4.79 Å². The van der Waals surface area contributed by atoms with E-state index in [2.05, 4.69) is 6.58 Å². The third kappa shape index (κ3) is 3.49. The number of thioether (sulfide) groups is 1. The molecule has 0 amide bonds. The predicted molar refractivity (Wildman–Crippen MR) is 63.4 cm³/mol. The van der Waals surface area contributed by atoms with Gasteiger partial charge in [-0.05, 0) is 18.2 Å². The van der Waals surface area contributed by atoms with Gasteiger partial charge in [-0.25, -0.2) is 4.79 Å². The summed E-state index contributed by atoms with van der Waals surface area (Å²) >= 11 is 7.24. The first-order valence-corrected chi connectivity index (χ1v) is 5.46. The van der Waals surface area contributed by atoms with Gasteiger partial charge >= 0.3 is 5.97 Å². The van der Waals surface area contributed by atoms with E-state index < -0.39 is 5.97 Å². The van der Waals surface area contributed by atoms with Crippen molar-refractivity contribution in [1.29, 1.82) is 0 Å². The molecule has 0 saturated carbocycles. The van der Waals surface area contributed by atoms with Gasteiger partial charge in [-0.3, -0.25) is 0 Å². The average molecular weight is 244 g/mol. The van der Waals surface area contributed by atoms with Gasteiger partial charge in [0, 0.05) is 21.9 Å². The minimum atomic E-state index is -0.992. The Labute approximate surface area is 96.9 Å². The second kappa shape index (κ2) is 5.09. The van der Waals surface area contributed by atoms with Gasteiger partial charge in [0.1, 0.15) is 0 Å². The van der Waals surface area contributed by atoms with Crippen LogP contribution >= 0.6 is 23.4 Å². The van der Waals surface area contributed by atoms with Crippen LogP contribution in [0.5, 0.6) is 0 Å². The fourth-order valence-corrected chi connectivity index (χ4v) is 2.03. The van der Waals surface area contributed by atoms with Crippen LogP contribution in [0.1, 0.15) is 0 Å². The van der Waals surface area contributed by atoms with Crippen molar-refractivity contribution < 1.29 is 9.90 Å². The Morgan fingerprint density at radius 3 is 2.80 bits per heavy atom. The maximum Gasteiger partial charge on any atom is 0.331 e. The first kappa shape index (κ1) is 11.9. The third-order valence-electron chi connectivity index (χ3n) is 1.66. The van der Waals surface area contributed by atoms with Crippen molar-refractivity contribution in [3.05, 3.63) is 35.4 Å². The number of nitrogen functional groups attached to an aromatic ring is 1. The first-order chi connectivity index (χ1) is 7.00. The molecule has 1 aromatic carbocycles. The smallest absolute Gasteiger partial charge is 0.331 e. The van der Waals surface area contributed by atoms with E-state index >= 15 is 0 Å². The summed E-state index contributed by atoms with van der Waals surface area (Å²) in [6.45, 7) is 3.43. The number of carbonyl (C=O) groups is 1. The third-order valence-corrected chi connectivity index (χ3v) is 3.24. The van der Waals surface area contributed by atoms with Crippen molar-refractivity contribution in [2.24, 2.45) is 0 Å². The Kier molecular flexibility index (Phi) is 4.05. The molecule has 15 heavy (non-hydrogen) atoms. The van der Waals surface area contributed by atoms with Gasteiger partial charge in [-0.1, -0.05) is 18.2 Å². The topological polar surface area (TPSA) is 63.3 Å². The standard InChI is InChI=1S/C10H10ClNO2S/c1-6(10(13)14)5-15-9-3-2-7(12)4-8(9)11/h2-4H,1,5,12H2,(H,13,14). The molecule has 0 aliphatic heterocycles. The molecule has 0 atom stereocenters. The lowest BCUT2D eigenvalue weighted by Gasteiger charge is -2.04. The fraction of sp³-hybridized carbons (Fsp3) is 0.100. The van der Waals surface area contributed by atoms with Gasteiger partial charge in [-0.15, -0.1) is 11.8 Å². The lowest BCUT2D eigenvalue weighted by Crippen LogP contribution is -2.00. The van der Waals surface area contributed by atoms with Crippen molar-refractivity contribution >= 4 is 35.0 Å². The Hall–Kier alpha value is -1.13. The number of hydrogen-bond acceptors (Lipinski definition) is 3. The molecule has 0 unspecified atom stereocenters. The van der Waals surface area contributed by atoms with E-state index in [1.54, 1.807) is 18.2 Å². The van der Waals surface area contributed by atoms with E-state index in [0.717, 1.165) is 4.90 Å². The maximum atomic E-state index is 10.5. The predicted octanol–water partition coefficient (Wildman–Crippen LogP) is 2.66. The minimum Gasteiger partial charge on any atom is -0.478 e. The Balaban J connectivity index is 2.66. The monoisotopic (exact) mass is 243 g/mol. The summed E-state index contributed by atoms with van der Waals surface area (Å²) in [5, 5.41) is 9.13. The Morgan fingerprint density at radius 1 is 1.60 bits per heavy atom. The van der Waals surface area contributed by atoms with E-state index in [9.17, 15) is 4.79 Å². The molecule has 0 bridgehead atoms. The highest BCUT2D eigenvalue weighted by Gasteiger charge is 2.06. The summed E-state index contributed by atoms with van der Waals surface area (Å²) in [6, 6.07) is 5.11. The number of carboxylic acids is 1. The molecular weight excluding hydrogens is 234 g/mol. The van der Waals surface area contributed by atoms with E-state index in [4.69, 9.17) is 22.4 Å². The summed E-state index contributed by atoms with van der Waals surface area (Å²) in [5.41, 5.74) is 6.26. The van der Waals surface area contributed by atoms with E-state index in [0.29, 0.717) is 16.5 Å². The van der Waals surface area contributed by atoms with Crippen molar-refractivity contribution in [1.82, 2.24) is 0 Å². The van der Waals surface area contributed by atoms with Crippen LogP contribution in [0.4, 0.5) is 5.69 Å². The number of rotatable bonds is 4. The normalized spacial score (nSPS) is 9.93. The molecule has 0 aromatic heterocycles. The lowest BCUT2D eigenvalue weighted by atomic mass is 10.3. The highest BCUT2D eigenvalue weighted by molar-refractivity contribution is 7.99. The minimum absolute atomic E-state index is 0.146. The second-order valence-corrected chi connectivity index (χ2v) is 4.31. The zero-order valence-electron chi connectivity index (χ0n) is 7.87. The quantitative estimate of drug-likeness (QED) is 0.485. The van der Waals surface area contributed by atoms with Gasteiger partial charge < -0.3 is 10.8 Å². The van der Waals surface area contributed by atoms with Crippen molar-refractivity contribution in [2.75, 3.05) is 11.5 Å². The van der Waals surface area contributed by atoms with Crippen LogP contribution in [0.15, 0.2) is 35.2 Å². The number of hydrogen-bond donors (Lipinski definition) is 2. The van der Waals surface area contributed by atoms with E-state index in [-0.39, 0.29) is 5.57 Å². The highest BCUT2D eigenvalue weighted by atomic mass is 35.5. The number of halogens is 1. The molecule has 0 saturated heterocycles. The molecule has 0 heterocycles. The number of nitrogens with two attached hydrogens (primary N) is 1. The molecule has 3 N–H and O–H groups in total. The van der Waals surface area contributed by atoms with Gasteiger partial charge in [0.2, 0.25) is 0 Å². The zero-order chi connectivity index (χ0) is 11.4. The molecular formula is C10H10ClNO2S. The van der Waals surface area contributed by atoms with Crippen LogP contribution in [0.3, 0.4) is 0 Å². The SMILES string of the molecule is C=C(CSc1ccc(N)cc1Cl)C(=O)O. The van der Waals surface area contributed by atoms with E-state index in [1.165, 1.54) is 11.8 Å². The molecule has 3 nitrogen and oxygen atoms in total. The number of carboxylic acid groups (broad SMARTS) is 1. The number of aliphatic carboxylic acids is 1. The summed E-state index contributed by atoms with van der Waals surface area (Å²) in [7, 11) is 0. The zero-order valence-corrected chi connectivity index (χ0v) is 9.44. The molecule has 5 heteroatoms. The summed E-state index contributed by atoms with van der Waals surface area (Å²) in [5.74, 6) is -0.687. The summed E-state index contributed by atoms with van der Waals surface area (Å²) in [4.78, 5) is 11.3. The molecule has 1 rings (SSSR count). The van der Waals surface area contributed by atoms with Crippen molar-refractivity contribution in [3.63, 3.8) is 0 Å². The van der Waals surface area contributed by atoms with Crippen LogP contribution in [-0.4, -0.2) is 16.8 Å². The largest absolute Gasteiger partial charge is 0.478 e. The number of benzene rings is 1. The molecule has 0 aliphatic carbocycles. The maximum absolute atomic E-state index is 10.5. The van der Waals surface area contributed by atoms with Crippen LogP contribution < -0.4 is 5.73 Å². The summed E-state index contributed by atoms with van der Waals surface area (Å²) < 4.78 is 0. The second-order valence-electron chi connectivity index (χ2n) is 2.89. The summed E-state index contributed by atoms with van der Waals surface area (Å²) in [6.07, 6.45) is 0. The Morgan fingerprint density at radius 2 is 2.27 bits per heavy atom. The van der Waals surface area contributed by atoms with Crippen LogP contribution in [0, 0.1) is 0 Å². The molecule has 80 valence electrons. The first-order valence-electron chi connectivity index (χ1n) is 4.09. The molecule has 0 spiro atoms. The van der Waals surface area contributed by atoms with Gasteiger partial charge in [0.15, 0.2) is 0 Å². The van der Waals surface area contributed by atoms with Gasteiger partial charge in [-0.2, -0.15) is 0 Å². The average Bonchev–Trinajstić information content (AvgIpc) is 2.15. The Bertz CT molecular complexity index is 406. The van der Waals surface area contributed by atoms with Gasteiger partial charge in [0.05, 0.1) is 5.02 Å². The molecule has 0 radical (unpaired) electrons. The van der Waals surface area contributed by atoms with Crippen molar-refractivity contribution in [2.45, 2.75) is 4.90 Å². The van der Waals surface area contributed by atoms with Gasteiger partial charge in [0.25, 0.3) is 0 Å². The lowest BCUT2D eigenvalue weighted by molar-refractivity contribution is -0.132. The molecule has 1 aromatic rings. The van der Waals surface area contributed by atoms with E-state index in [1.807, 2.05) is 0 Å².